The van der Waals surface area contributed by atoms with Crippen LogP contribution in [0.2, 0.25) is 0 Å². The summed E-state index contributed by atoms with van der Waals surface area (Å²) in [5, 5.41) is 8.78. The Bertz CT molecular complexity index is 1010. The first-order chi connectivity index (χ1) is 15.7. The molecular weight excluding hydrogens is 402 g/mol. The van der Waals surface area contributed by atoms with Crippen LogP contribution in [0.3, 0.4) is 0 Å². The number of aryl methyl sites for hydroxylation is 1. The van der Waals surface area contributed by atoms with Gasteiger partial charge in [-0.1, -0.05) is 11.3 Å². The smallest absolute Gasteiger partial charge is 0.115 e. The van der Waals surface area contributed by atoms with Gasteiger partial charge in [-0.05, 0) is 49.9 Å². The molecule has 0 aliphatic carbocycles. The molecule has 5 rings (SSSR count). The third-order valence-corrected chi connectivity index (χ3v) is 6.46. The Kier molecular flexibility index (Phi) is 6.41. The summed E-state index contributed by atoms with van der Waals surface area (Å²) in [5.74, 6) is 0. The quantitative estimate of drug-likeness (QED) is 0.592. The third-order valence-electron chi connectivity index (χ3n) is 6.46. The van der Waals surface area contributed by atoms with Crippen LogP contribution in [-0.4, -0.2) is 68.8 Å². The lowest BCUT2D eigenvalue weighted by Gasteiger charge is -2.36. The monoisotopic (exact) mass is 433 g/mol. The number of benzene rings is 1. The van der Waals surface area contributed by atoms with E-state index < -0.39 is 0 Å². The third kappa shape index (κ3) is 4.97. The molecule has 0 saturated carbocycles. The molecule has 2 aliphatic heterocycles. The molecule has 1 atom stereocenters. The minimum Gasteiger partial charge on any atom is -0.376 e. The van der Waals surface area contributed by atoms with E-state index in [0.717, 1.165) is 69.2 Å². The second-order valence-corrected chi connectivity index (χ2v) is 8.78. The molecule has 0 N–H and O–H groups in total. The molecule has 0 amide bonds. The number of ether oxygens (including phenoxy) is 1. The number of hydrogen-bond donors (Lipinski definition) is 0. The van der Waals surface area contributed by atoms with Gasteiger partial charge in [-0.25, -0.2) is 14.6 Å². The van der Waals surface area contributed by atoms with E-state index in [1.807, 2.05) is 23.1 Å². The summed E-state index contributed by atoms with van der Waals surface area (Å²) in [6, 6.07) is 8.67. The second-order valence-electron chi connectivity index (χ2n) is 8.78. The Morgan fingerprint density at radius 3 is 2.75 bits per heavy atom. The van der Waals surface area contributed by atoms with Crippen molar-refractivity contribution in [3.05, 3.63) is 54.2 Å². The second kappa shape index (κ2) is 9.75. The predicted molar refractivity (Wildman–Crippen MR) is 123 cm³/mol. The maximum absolute atomic E-state index is 5.84. The lowest BCUT2D eigenvalue weighted by molar-refractivity contribution is 0.00370. The average molecular weight is 434 g/mol. The van der Waals surface area contributed by atoms with Gasteiger partial charge in [0.1, 0.15) is 12.0 Å². The maximum atomic E-state index is 5.84. The fourth-order valence-electron chi connectivity index (χ4n) is 4.61. The summed E-state index contributed by atoms with van der Waals surface area (Å²) in [4.78, 5) is 13.3. The summed E-state index contributed by atoms with van der Waals surface area (Å²) in [6.07, 6.45) is 9.25. The van der Waals surface area contributed by atoms with Crippen molar-refractivity contribution in [2.75, 3.05) is 37.7 Å². The van der Waals surface area contributed by atoms with Gasteiger partial charge in [0.05, 0.1) is 24.5 Å². The number of hydrogen-bond acceptors (Lipinski definition) is 7. The fourth-order valence-corrected chi connectivity index (χ4v) is 4.61. The first-order valence-electron chi connectivity index (χ1n) is 11.6. The van der Waals surface area contributed by atoms with Gasteiger partial charge < -0.3 is 9.64 Å². The van der Waals surface area contributed by atoms with Crippen LogP contribution in [0.5, 0.6) is 0 Å². The number of piperazine rings is 1. The van der Waals surface area contributed by atoms with Crippen molar-refractivity contribution in [1.29, 1.82) is 0 Å². The van der Waals surface area contributed by atoms with E-state index in [4.69, 9.17) is 4.74 Å². The summed E-state index contributed by atoms with van der Waals surface area (Å²) in [6.45, 7) is 8.78. The molecule has 2 fully saturated rings. The van der Waals surface area contributed by atoms with Gasteiger partial charge >= 0.3 is 0 Å². The number of nitrogens with zero attached hydrogens (tertiary/aromatic N) is 7. The molecule has 8 heteroatoms. The van der Waals surface area contributed by atoms with Crippen molar-refractivity contribution >= 4 is 5.69 Å². The number of aromatic nitrogens is 5. The normalized spacial score (nSPS) is 19.9. The zero-order valence-electron chi connectivity index (χ0n) is 18.7. The first-order valence-corrected chi connectivity index (χ1v) is 11.6. The van der Waals surface area contributed by atoms with Crippen molar-refractivity contribution in [3.63, 3.8) is 0 Å². The summed E-state index contributed by atoms with van der Waals surface area (Å²) in [7, 11) is 0. The van der Waals surface area contributed by atoms with Gasteiger partial charge in [0.15, 0.2) is 0 Å². The first kappa shape index (κ1) is 21.0. The minimum atomic E-state index is 0.259. The van der Waals surface area contributed by atoms with Gasteiger partial charge in [0.2, 0.25) is 0 Å². The Morgan fingerprint density at radius 1 is 1.09 bits per heavy atom. The standard InChI is InChI=1S/C24H31N7O/c1-19-14-21(30-11-9-29(10-12-30)15-20-7-8-25-18-26-20)5-6-23(19)24-17-31(28-27-24)16-22-4-2-3-13-32-22/h5-8,14,17-18,22H,2-4,9-13,15-16H2,1H3. The maximum Gasteiger partial charge on any atom is 0.115 e. The molecular formula is C24H31N7O. The molecule has 8 nitrogen and oxygen atoms in total. The van der Waals surface area contributed by atoms with Gasteiger partial charge in [-0.15, -0.1) is 5.10 Å². The average Bonchev–Trinajstić information content (AvgIpc) is 3.29. The van der Waals surface area contributed by atoms with Crippen LogP contribution in [0, 0.1) is 6.92 Å². The SMILES string of the molecule is Cc1cc(N2CCN(Cc3ccncn3)CC2)ccc1-c1cn(CC2CCCCO2)nn1. The highest BCUT2D eigenvalue weighted by atomic mass is 16.5. The summed E-state index contributed by atoms with van der Waals surface area (Å²) in [5.41, 5.74) is 5.66. The van der Waals surface area contributed by atoms with Crippen molar-refractivity contribution in [2.45, 2.75) is 45.4 Å². The molecule has 32 heavy (non-hydrogen) atoms. The van der Waals surface area contributed by atoms with Gasteiger partial charge in [0, 0.05) is 56.8 Å². The molecule has 2 aliphatic rings. The van der Waals surface area contributed by atoms with Crippen LogP contribution in [0.4, 0.5) is 5.69 Å². The Labute approximate surface area is 189 Å². The molecule has 168 valence electrons. The highest BCUT2D eigenvalue weighted by Crippen LogP contribution is 2.27. The van der Waals surface area contributed by atoms with Gasteiger partial charge in [0.25, 0.3) is 0 Å². The van der Waals surface area contributed by atoms with E-state index in [1.165, 1.54) is 24.1 Å². The number of anilines is 1. The van der Waals surface area contributed by atoms with Crippen LogP contribution >= 0.6 is 0 Å². The van der Waals surface area contributed by atoms with E-state index in [-0.39, 0.29) is 6.10 Å². The van der Waals surface area contributed by atoms with E-state index in [2.05, 4.69) is 55.2 Å². The predicted octanol–water partition coefficient (Wildman–Crippen LogP) is 2.93. The van der Waals surface area contributed by atoms with Gasteiger partial charge in [-0.3, -0.25) is 4.90 Å². The Balaban J connectivity index is 1.19. The Hall–Kier alpha value is -2.84. The van der Waals surface area contributed by atoms with E-state index in [1.54, 1.807) is 6.33 Å². The van der Waals surface area contributed by atoms with Crippen LogP contribution in [0.15, 0.2) is 43.0 Å². The lowest BCUT2D eigenvalue weighted by Crippen LogP contribution is -2.46. The summed E-state index contributed by atoms with van der Waals surface area (Å²) >= 11 is 0. The molecule has 1 unspecified atom stereocenters. The zero-order valence-corrected chi connectivity index (χ0v) is 18.7. The lowest BCUT2D eigenvalue weighted by atomic mass is 10.0. The van der Waals surface area contributed by atoms with E-state index in [9.17, 15) is 0 Å². The molecule has 4 heterocycles. The van der Waals surface area contributed by atoms with Crippen molar-refractivity contribution in [3.8, 4) is 11.3 Å². The fraction of sp³-hybridized carbons (Fsp3) is 0.500. The van der Waals surface area contributed by atoms with Crippen molar-refractivity contribution in [1.82, 2.24) is 29.9 Å². The van der Waals surface area contributed by atoms with Crippen molar-refractivity contribution in [2.24, 2.45) is 0 Å². The molecule has 2 aromatic heterocycles. The van der Waals surface area contributed by atoms with Crippen LogP contribution in [0.25, 0.3) is 11.3 Å². The van der Waals surface area contributed by atoms with Gasteiger partial charge in [-0.2, -0.15) is 0 Å². The van der Waals surface area contributed by atoms with E-state index >= 15 is 0 Å². The summed E-state index contributed by atoms with van der Waals surface area (Å²) < 4.78 is 7.77. The zero-order chi connectivity index (χ0) is 21.8. The minimum absolute atomic E-state index is 0.259. The van der Waals surface area contributed by atoms with Crippen LogP contribution in [0.1, 0.15) is 30.5 Å². The van der Waals surface area contributed by atoms with Crippen molar-refractivity contribution < 1.29 is 4.74 Å². The Morgan fingerprint density at radius 2 is 2.00 bits per heavy atom. The molecule has 1 aromatic carbocycles. The highest BCUT2D eigenvalue weighted by Gasteiger charge is 2.19. The van der Waals surface area contributed by atoms with E-state index in [0.29, 0.717) is 0 Å². The molecule has 0 radical (unpaired) electrons. The molecule has 0 spiro atoms. The van der Waals surface area contributed by atoms with Crippen LogP contribution < -0.4 is 4.90 Å². The number of rotatable bonds is 6. The van der Waals surface area contributed by atoms with Crippen LogP contribution in [-0.2, 0) is 17.8 Å². The largest absolute Gasteiger partial charge is 0.376 e. The molecule has 2 saturated heterocycles. The molecule has 0 bridgehead atoms. The molecule has 3 aromatic rings. The highest BCUT2D eigenvalue weighted by molar-refractivity contribution is 5.67. The topological polar surface area (TPSA) is 72.2 Å².